The van der Waals surface area contributed by atoms with Crippen LogP contribution < -0.4 is 10.1 Å². The molecule has 0 aliphatic rings. The predicted molar refractivity (Wildman–Crippen MR) is 102 cm³/mol. The van der Waals surface area contributed by atoms with Crippen molar-refractivity contribution in [2.24, 2.45) is 0 Å². The molecule has 2 aromatic heterocycles. The lowest BCUT2D eigenvalue weighted by Crippen LogP contribution is -2.13. The highest BCUT2D eigenvalue weighted by Crippen LogP contribution is 2.35. The minimum atomic E-state index is -0.129. The van der Waals surface area contributed by atoms with Gasteiger partial charge in [-0.05, 0) is 37.0 Å². The summed E-state index contributed by atoms with van der Waals surface area (Å²) in [6, 6.07) is 7.88. The van der Waals surface area contributed by atoms with E-state index in [1.54, 1.807) is 0 Å². The van der Waals surface area contributed by atoms with Crippen molar-refractivity contribution in [2.45, 2.75) is 33.6 Å². The van der Waals surface area contributed by atoms with E-state index in [0.29, 0.717) is 23.3 Å². The van der Waals surface area contributed by atoms with Gasteiger partial charge in [0.15, 0.2) is 0 Å². The van der Waals surface area contributed by atoms with Gasteiger partial charge in [-0.1, -0.05) is 32.0 Å². The molecule has 0 aliphatic heterocycles. The zero-order valence-electron chi connectivity index (χ0n) is 14.8. The van der Waals surface area contributed by atoms with E-state index in [-0.39, 0.29) is 5.91 Å². The lowest BCUT2D eigenvalue weighted by atomic mass is 10.0. The van der Waals surface area contributed by atoms with Crippen LogP contribution in [0.3, 0.4) is 0 Å². The summed E-state index contributed by atoms with van der Waals surface area (Å²) in [5, 5.41) is 3.86. The zero-order valence-corrected chi connectivity index (χ0v) is 15.6. The number of benzene rings is 1. The van der Waals surface area contributed by atoms with E-state index >= 15 is 0 Å². The van der Waals surface area contributed by atoms with Gasteiger partial charge >= 0.3 is 0 Å². The van der Waals surface area contributed by atoms with E-state index in [0.717, 1.165) is 27.0 Å². The molecular formula is C19H21N3O2S. The number of thiophene rings is 1. The summed E-state index contributed by atoms with van der Waals surface area (Å²) >= 11 is 1.36. The summed E-state index contributed by atoms with van der Waals surface area (Å²) in [7, 11) is 0. The number of hydrogen-bond donors (Lipinski definition) is 1. The highest BCUT2D eigenvalue weighted by atomic mass is 32.1. The summed E-state index contributed by atoms with van der Waals surface area (Å²) in [5.41, 5.74) is 2.81. The third-order valence-electron chi connectivity index (χ3n) is 4.01. The molecule has 6 heteroatoms. The third kappa shape index (κ3) is 3.35. The number of aryl methyl sites for hydroxylation is 1. The Bertz CT molecular complexity index is 918. The average molecular weight is 355 g/mol. The van der Waals surface area contributed by atoms with Crippen LogP contribution in [0.2, 0.25) is 0 Å². The molecule has 1 aromatic carbocycles. The van der Waals surface area contributed by atoms with E-state index in [9.17, 15) is 4.79 Å². The number of amides is 1. The summed E-state index contributed by atoms with van der Waals surface area (Å²) < 4.78 is 5.59. The Balaban J connectivity index is 1.99. The van der Waals surface area contributed by atoms with E-state index in [4.69, 9.17) is 4.74 Å². The number of carbonyl (C=O) groups is 1. The van der Waals surface area contributed by atoms with Crippen molar-refractivity contribution in [3.05, 3.63) is 46.6 Å². The average Bonchev–Trinajstić information content (AvgIpc) is 2.93. The second kappa shape index (κ2) is 7.19. The molecule has 130 valence electrons. The van der Waals surface area contributed by atoms with Crippen molar-refractivity contribution < 1.29 is 9.53 Å². The van der Waals surface area contributed by atoms with Crippen molar-refractivity contribution in [1.29, 1.82) is 0 Å². The minimum absolute atomic E-state index is 0.129. The van der Waals surface area contributed by atoms with Crippen molar-refractivity contribution in [3.63, 3.8) is 0 Å². The van der Waals surface area contributed by atoms with E-state index in [2.05, 4.69) is 29.1 Å². The van der Waals surface area contributed by atoms with Gasteiger partial charge in [-0.2, -0.15) is 0 Å². The largest absolute Gasteiger partial charge is 0.477 e. The number of hydrogen-bond acceptors (Lipinski definition) is 5. The summed E-state index contributed by atoms with van der Waals surface area (Å²) in [6.07, 6.45) is 1.47. The van der Waals surface area contributed by atoms with Crippen molar-refractivity contribution in [1.82, 2.24) is 9.97 Å². The van der Waals surface area contributed by atoms with Crippen LogP contribution in [0.15, 0.2) is 30.6 Å². The SMILES string of the molecule is CCOc1ncnc2sc(C(=O)Nc3ccccc3C(C)C)c(C)c12. The molecule has 0 fully saturated rings. The Morgan fingerprint density at radius 2 is 2.04 bits per heavy atom. The minimum Gasteiger partial charge on any atom is -0.477 e. The van der Waals surface area contributed by atoms with Crippen LogP contribution in [0.25, 0.3) is 10.2 Å². The van der Waals surface area contributed by atoms with Gasteiger partial charge in [0, 0.05) is 5.69 Å². The lowest BCUT2D eigenvalue weighted by Gasteiger charge is -2.13. The summed E-state index contributed by atoms with van der Waals surface area (Å²) in [6.45, 7) is 8.56. The van der Waals surface area contributed by atoms with Crippen LogP contribution in [-0.4, -0.2) is 22.5 Å². The fourth-order valence-electron chi connectivity index (χ4n) is 2.80. The first-order chi connectivity index (χ1) is 12.0. The van der Waals surface area contributed by atoms with Gasteiger partial charge in [0.25, 0.3) is 5.91 Å². The van der Waals surface area contributed by atoms with Gasteiger partial charge in [0.1, 0.15) is 11.2 Å². The normalized spacial score (nSPS) is 11.1. The number of fused-ring (bicyclic) bond motifs is 1. The fourth-order valence-corrected chi connectivity index (χ4v) is 3.83. The zero-order chi connectivity index (χ0) is 18.0. The quantitative estimate of drug-likeness (QED) is 0.716. The standard InChI is InChI=1S/C19H21N3O2S/c1-5-24-18-15-12(4)16(25-19(15)21-10-20-18)17(23)22-14-9-7-6-8-13(14)11(2)3/h6-11H,5H2,1-4H3,(H,22,23). The number of anilines is 1. The van der Waals surface area contributed by atoms with Crippen molar-refractivity contribution in [3.8, 4) is 5.88 Å². The number of carbonyl (C=O) groups excluding carboxylic acids is 1. The first kappa shape index (κ1) is 17.4. The Morgan fingerprint density at radius 1 is 1.28 bits per heavy atom. The molecule has 0 saturated carbocycles. The summed E-state index contributed by atoms with van der Waals surface area (Å²) in [5.74, 6) is 0.731. The molecule has 5 nitrogen and oxygen atoms in total. The van der Waals surface area contributed by atoms with Crippen LogP contribution in [0, 0.1) is 6.92 Å². The van der Waals surface area contributed by atoms with Crippen LogP contribution in [0.5, 0.6) is 5.88 Å². The van der Waals surface area contributed by atoms with Crippen molar-refractivity contribution in [2.75, 3.05) is 11.9 Å². The molecule has 3 aromatic rings. The van der Waals surface area contributed by atoms with Gasteiger partial charge in [-0.3, -0.25) is 4.79 Å². The van der Waals surface area contributed by atoms with Gasteiger partial charge in [-0.25, -0.2) is 9.97 Å². The second-order valence-electron chi connectivity index (χ2n) is 6.04. The molecule has 25 heavy (non-hydrogen) atoms. The van der Waals surface area contributed by atoms with Gasteiger partial charge in [0.05, 0.1) is 16.9 Å². The van der Waals surface area contributed by atoms with Crippen LogP contribution >= 0.6 is 11.3 Å². The molecule has 0 atom stereocenters. The van der Waals surface area contributed by atoms with Crippen molar-refractivity contribution >= 4 is 33.1 Å². The molecule has 1 N–H and O–H groups in total. The molecule has 0 radical (unpaired) electrons. The number of rotatable bonds is 5. The highest BCUT2D eigenvalue weighted by molar-refractivity contribution is 7.20. The van der Waals surface area contributed by atoms with Gasteiger partial charge in [-0.15, -0.1) is 11.3 Å². The molecule has 0 spiro atoms. The molecule has 3 rings (SSSR count). The maximum absolute atomic E-state index is 12.9. The molecule has 0 aliphatic carbocycles. The Kier molecular flexibility index (Phi) is 4.99. The smallest absolute Gasteiger partial charge is 0.266 e. The Labute approximate surface area is 151 Å². The number of aromatic nitrogens is 2. The maximum atomic E-state index is 12.9. The maximum Gasteiger partial charge on any atom is 0.266 e. The Hall–Kier alpha value is -2.47. The third-order valence-corrected chi connectivity index (χ3v) is 5.21. The fraction of sp³-hybridized carbons (Fsp3) is 0.316. The summed E-state index contributed by atoms with van der Waals surface area (Å²) in [4.78, 5) is 22.7. The van der Waals surface area contributed by atoms with Crippen LogP contribution in [-0.2, 0) is 0 Å². The first-order valence-electron chi connectivity index (χ1n) is 8.30. The predicted octanol–water partition coefficient (Wildman–Crippen LogP) is 4.77. The second-order valence-corrected chi connectivity index (χ2v) is 7.04. The topological polar surface area (TPSA) is 64.1 Å². The number of nitrogens with one attached hydrogen (secondary N) is 1. The van der Waals surface area contributed by atoms with E-state index in [1.165, 1.54) is 17.7 Å². The molecule has 0 bridgehead atoms. The lowest BCUT2D eigenvalue weighted by molar-refractivity contribution is 0.103. The number of ether oxygens (including phenoxy) is 1. The molecule has 1 amide bonds. The van der Waals surface area contributed by atoms with E-state index < -0.39 is 0 Å². The highest BCUT2D eigenvalue weighted by Gasteiger charge is 2.20. The van der Waals surface area contributed by atoms with Crippen LogP contribution in [0.4, 0.5) is 5.69 Å². The molecule has 0 saturated heterocycles. The van der Waals surface area contributed by atoms with Crippen LogP contribution in [0.1, 0.15) is 47.5 Å². The van der Waals surface area contributed by atoms with Gasteiger partial charge < -0.3 is 10.1 Å². The molecule has 2 heterocycles. The molecular weight excluding hydrogens is 334 g/mol. The Morgan fingerprint density at radius 3 is 2.76 bits per heavy atom. The monoisotopic (exact) mass is 355 g/mol. The van der Waals surface area contributed by atoms with Gasteiger partial charge in [0.2, 0.25) is 5.88 Å². The first-order valence-corrected chi connectivity index (χ1v) is 9.11. The number of para-hydroxylation sites is 1. The number of nitrogens with zero attached hydrogens (tertiary/aromatic N) is 2. The van der Waals surface area contributed by atoms with E-state index in [1.807, 2.05) is 38.1 Å². The molecule has 0 unspecified atom stereocenters.